The summed E-state index contributed by atoms with van der Waals surface area (Å²) in [6.07, 6.45) is -10.8. The van der Waals surface area contributed by atoms with Gasteiger partial charge in [0.25, 0.3) is 0 Å². The minimum absolute atomic E-state index is 0. The molecule has 16 heavy (non-hydrogen) atoms. The summed E-state index contributed by atoms with van der Waals surface area (Å²) in [6.45, 7) is 0. The molecule has 0 fully saturated rings. The van der Waals surface area contributed by atoms with Crippen LogP contribution in [0.2, 0.25) is 0 Å². The van der Waals surface area contributed by atoms with Crippen molar-refractivity contribution in [3.8, 4) is 0 Å². The molecule has 0 aliphatic carbocycles. The molecule has 0 atom stereocenters. The molecule has 0 saturated carbocycles. The number of carbonyl (C=O) groups excluding carboxylic acids is 2. The summed E-state index contributed by atoms with van der Waals surface area (Å²) in [4.78, 5) is 19.7. The van der Waals surface area contributed by atoms with Crippen molar-refractivity contribution in [2.45, 2.75) is 12.4 Å². The molecule has 5 nitrogen and oxygen atoms in total. The van der Waals surface area contributed by atoms with Crippen LogP contribution in [0, 0.1) is 0 Å². The molecule has 0 saturated heterocycles. The second kappa shape index (κ2) is 5.91. The van der Waals surface area contributed by atoms with Crippen LogP contribution in [0.1, 0.15) is 0 Å². The van der Waals surface area contributed by atoms with Crippen molar-refractivity contribution in [2.24, 2.45) is 0 Å². The Morgan fingerprint density at radius 1 is 0.812 bits per heavy atom. The monoisotopic (exact) mass is 307 g/mol. The molecule has 0 heterocycles. The number of rotatable bonds is 2. The van der Waals surface area contributed by atoms with Crippen molar-refractivity contribution >= 4 is 11.9 Å². The summed E-state index contributed by atoms with van der Waals surface area (Å²) < 4.78 is 74.3. The zero-order chi connectivity index (χ0) is 12.3. The van der Waals surface area contributed by atoms with Crippen LogP contribution >= 0.6 is 0 Å². The third-order valence-corrected chi connectivity index (χ3v) is 1.13. The average molecular weight is 308 g/mol. The van der Waals surface area contributed by atoms with Crippen molar-refractivity contribution < 1.29 is 64.7 Å². The molecule has 0 spiro atoms. The summed E-state index contributed by atoms with van der Waals surface area (Å²) in [6, 6.07) is 0. The maximum atomic E-state index is 11.4. The predicted octanol–water partition coefficient (Wildman–Crippen LogP) is 0.285. The third kappa shape index (κ3) is 6.48. The van der Waals surface area contributed by atoms with Gasteiger partial charge in [0.2, 0.25) is 0 Å². The van der Waals surface area contributed by atoms with E-state index in [1.807, 2.05) is 0 Å². The molecule has 0 aromatic heterocycles. The van der Waals surface area contributed by atoms with E-state index >= 15 is 0 Å². The van der Waals surface area contributed by atoms with Gasteiger partial charge in [0.1, 0.15) is 0 Å². The van der Waals surface area contributed by atoms with Gasteiger partial charge in [0, 0.05) is 0 Å². The SMILES string of the molecule is O.O=C([O][Cu][O]C(=O)C(F)(F)F)C(F)(F)F. The van der Waals surface area contributed by atoms with E-state index in [1.165, 1.54) is 0 Å². The van der Waals surface area contributed by atoms with Gasteiger partial charge >= 0.3 is 83.5 Å². The average Bonchev–Trinajstić information content (AvgIpc) is 2.00. The Bertz CT molecular complexity index is 233. The van der Waals surface area contributed by atoms with Gasteiger partial charge < -0.3 is 5.48 Å². The van der Waals surface area contributed by atoms with E-state index in [1.54, 1.807) is 0 Å². The molecule has 0 bridgehead atoms. The quantitative estimate of drug-likeness (QED) is 0.542. The molecule has 0 unspecified atom stereocenters. The number of carbonyl (C=O) groups is 2. The van der Waals surface area contributed by atoms with Crippen LogP contribution in [0.15, 0.2) is 0 Å². The van der Waals surface area contributed by atoms with Gasteiger partial charge in [-0.15, -0.1) is 0 Å². The van der Waals surface area contributed by atoms with Crippen LogP contribution in [0.4, 0.5) is 26.3 Å². The molecule has 101 valence electrons. The van der Waals surface area contributed by atoms with E-state index in [9.17, 15) is 35.9 Å². The van der Waals surface area contributed by atoms with Gasteiger partial charge in [0.15, 0.2) is 0 Å². The molecule has 0 aliphatic heterocycles. The normalized spacial score (nSPS) is 11.6. The van der Waals surface area contributed by atoms with Crippen molar-refractivity contribution in [3.05, 3.63) is 0 Å². The maximum absolute atomic E-state index is 11.4. The van der Waals surface area contributed by atoms with Crippen molar-refractivity contribution in [1.82, 2.24) is 0 Å². The van der Waals surface area contributed by atoms with Gasteiger partial charge in [-0.05, 0) is 0 Å². The first-order valence-electron chi connectivity index (χ1n) is 2.70. The molecular weight excluding hydrogens is 306 g/mol. The first-order chi connectivity index (χ1) is 6.55. The fourth-order valence-corrected chi connectivity index (χ4v) is 0.528. The first-order valence-corrected chi connectivity index (χ1v) is 3.47. The second-order valence-electron chi connectivity index (χ2n) is 1.74. The first kappa shape index (κ1) is 17.4. The minimum atomic E-state index is -5.38. The van der Waals surface area contributed by atoms with E-state index in [0.29, 0.717) is 0 Å². The summed E-state index contributed by atoms with van der Waals surface area (Å²) in [5.41, 5.74) is 0. The number of hydrogen-bond acceptors (Lipinski definition) is 4. The predicted molar refractivity (Wildman–Crippen MR) is 27.9 cm³/mol. The van der Waals surface area contributed by atoms with Crippen LogP contribution in [0.5, 0.6) is 0 Å². The molecular formula is C4H2CuF6O5. The van der Waals surface area contributed by atoms with Gasteiger partial charge in [-0.2, -0.15) is 0 Å². The Balaban J connectivity index is 0. The summed E-state index contributed by atoms with van der Waals surface area (Å²) in [7, 11) is 0. The third-order valence-electron chi connectivity index (χ3n) is 0.625. The van der Waals surface area contributed by atoms with Crippen LogP contribution in [0.3, 0.4) is 0 Å². The van der Waals surface area contributed by atoms with E-state index in [2.05, 4.69) is 7.64 Å². The Hall–Kier alpha value is -1.00. The number of alkyl halides is 6. The molecule has 2 N–H and O–H groups in total. The Kier molecular flexibility index (Phi) is 6.43. The Labute approximate surface area is 89.8 Å². The molecule has 0 radical (unpaired) electrons. The molecule has 0 aromatic carbocycles. The second-order valence-corrected chi connectivity index (χ2v) is 2.29. The molecule has 0 amide bonds. The Morgan fingerprint density at radius 3 is 1.25 bits per heavy atom. The van der Waals surface area contributed by atoms with Crippen LogP contribution in [0.25, 0.3) is 0 Å². The van der Waals surface area contributed by atoms with Gasteiger partial charge in [-0.25, -0.2) is 0 Å². The summed E-state index contributed by atoms with van der Waals surface area (Å²) in [5, 5.41) is 0. The number of hydrogen-bond donors (Lipinski definition) is 0. The Morgan fingerprint density at radius 2 is 1.06 bits per heavy atom. The van der Waals surface area contributed by atoms with Gasteiger partial charge in [0.05, 0.1) is 0 Å². The van der Waals surface area contributed by atoms with Crippen molar-refractivity contribution in [2.75, 3.05) is 0 Å². The number of halogens is 6. The van der Waals surface area contributed by atoms with E-state index in [4.69, 9.17) is 0 Å². The van der Waals surface area contributed by atoms with Crippen LogP contribution < -0.4 is 0 Å². The molecule has 12 heteroatoms. The summed E-state index contributed by atoms with van der Waals surface area (Å²) >= 11 is -0.924. The standard InChI is InChI=1S/2C2HF3O2.Cu.H2O/c2*3-2(4,5)1(6)7;;/h2*(H,6,7);;1H2/q;;+2;/p-2. The summed E-state index contributed by atoms with van der Waals surface area (Å²) in [5.74, 6) is -5.59. The topological polar surface area (TPSA) is 84.1 Å². The zero-order valence-electron chi connectivity index (χ0n) is 6.70. The van der Waals surface area contributed by atoms with Crippen LogP contribution in [-0.4, -0.2) is 29.8 Å². The fourth-order valence-electron chi connectivity index (χ4n) is 0.128. The van der Waals surface area contributed by atoms with E-state index in [-0.39, 0.29) is 5.48 Å². The zero-order valence-corrected chi connectivity index (χ0v) is 7.64. The van der Waals surface area contributed by atoms with Crippen LogP contribution in [-0.2, 0) is 32.8 Å². The molecule has 0 rings (SSSR count). The molecule has 0 aliphatic rings. The van der Waals surface area contributed by atoms with Gasteiger partial charge in [-0.3, -0.25) is 0 Å². The van der Waals surface area contributed by atoms with Crippen molar-refractivity contribution in [1.29, 1.82) is 0 Å². The van der Waals surface area contributed by atoms with Crippen molar-refractivity contribution in [3.63, 3.8) is 0 Å². The fraction of sp³-hybridized carbons (Fsp3) is 0.500. The van der Waals surface area contributed by atoms with E-state index in [0.717, 1.165) is 0 Å². The van der Waals surface area contributed by atoms with E-state index < -0.39 is 39.9 Å². The van der Waals surface area contributed by atoms with Gasteiger partial charge in [-0.1, -0.05) is 0 Å². The molecule has 0 aromatic rings.